The fourth-order valence-electron chi connectivity index (χ4n) is 1.52. The van der Waals surface area contributed by atoms with E-state index in [9.17, 15) is 4.79 Å². The first kappa shape index (κ1) is 17.2. The lowest BCUT2D eigenvalue weighted by Crippen LogP contribution is -2.36. The molecule has 0 fully saturated rings. The molecule has 102 valence electrons. The van der Waals surface area contributed by atoms with Crippen LogP contribution in [0.2, 0.25) is 5.02 Å². The van der Waals surface area contributed by atoms with Crippen molar-refractivity contribution in [3.8, 4) is 0 Å². The van der Waals surface area contributed by atoms with Crippen LogP contribution in [0.4, 0.5) is 5.69 Å². The molecule has 1 atom stereocenters. The van der Waals surface area contributed by atoms with Crippen molar-refractivity contribution < 1.29 is 4.79 Å². The summed E-state index contributed by atoms with van der Waals surface area (Å²) in [7, 11) is 0. The second-order valence-electron chi connectivity index (χ2n) is 4.69. The molecule has 0 spiro atoms. The third-order valence-corrected chi connectivity index (χ3v) is 2.91. The number of hydrogen-bond acceptors (Lipinski definition) is 2. The van der Waals surface area contributed by atoms with Gasteiger partial charge in [0.1, 0.15) is 0 Å². The van der Waals surface area contributed by atoms with Gasteiger partial charge in [-0.3, -0.25) is 4.79 Å². The number of rotatable bonds is 4. The van der Waals surface area contributed by atoms with Crippen LogP contribution in [0.5, 0.6) is 0 Å². The average Bonchev–Trinajstić information content (AvgIpc) is 2.22. The number of hydrogen-bond donors (Lipinski definition) is 2. The molecule has 3 N–H and O–H groups in total. The van der Waals surface area contributed by atoms with Crippen LogP contribution in [0.3, 0.4) is 0 Å². The maximum atomic E-state index is 11.8. The van der Waals surface area contributed by atoms with Crippen LogP contribution < -0.4 is 11.1 Å². The summed E-state index contributed by atoms with van der Waals surface area (Å²) >= 11 is 5.98. The lowest BCUT2D eigenvalue weighted by Gasteiger charge is -2.14. The van der Waals surface area contributed by atoms with Crippen LogP contribution >= 0.6 is 24.0 Å². The molecule has 0 bridgehead atoms. The molecule has 3 nitrogen and oxygen atoms in total. The van der Waals surface area contributed by atoms with E-state index in [0.29, 0.717) is 23.0 Å². The monoisotopic (exact) mass is 290 g/mol. The Morgan fingerprint density at radius 2 is 2.06 bits per heavy atom. The summed E-state index contributed by atoms with van der Waals surface area (Å²) in [5.41, 5.74) is 7.46. The maximum Gasteiger partial charge on any atom is 0.241 e. The van der Waals surface area contributed by atoms with Crippen molar-refractivity contribution in [2.45, 2.75) is 33.2 Å². The van der Waals surface area contributed by atoms with Crippen molar-refractivity contribution in [1.29, 1.82) is 0 Å². The summed E-state index contributed by atoms with van der Waals surface area (Å²) in [6, 6.07) is 4.94. The third-order valence-electron chi connectivity index (χ3n) is 2.50. The predicted octanol–water partition coefficient (Wildman–Crippen LogP) is 3.38. The molecule has 0 radical (unpaired) electrons. The van der Waals surface area contributed by atoms with Gasteiger partial charge in [-0.1, -0.05) is 31.5 Å². The number of amides is 1. The molecule has 1 aromatic carbocycles. The fourth-order valence-corrected chi connectivity index (χ4v) is 1.70. The zero-order valence-corrected chi connectivity index (χ0v) is 12.4. The van der Waals surface area contributed by atoms with E-state index in [4.69, 9.17) is 17.3 Å². The molecule has 18 heavy (non-hydrogen) atoms. The first-order valence-corrected chi connectivity index (χ1v) is 6.10. The summed E-state index contributed by atoms with van der Waals surface area (Å²) < 4.78 is 0. The van der Waals surface area contributed by atoms with Crippen molar-refractivity contribution in [2.24, 2.45) is 11.7 Å². The molecular weight excluding hydrogens is 271 g/mol. The molecule has 0 aliphatic heterocycles. The van der Waals surface area contributed by atoms with E-state index >= 15 is 0 Å². The van der Waals surface area contributed by atoms with E-state index in [2.05, 4.69) is 5.32 Å². The lowest BCUT2D eigenvalue weighted by molar-refractivity contribution is -0.117. The molecule has 0 aliphatic rings. The minimum atomic E-state index is -0.477. The van der Waals surface area contributed by atoms with Gasteiger partial charge in [0.25, 0.3) is 0 Å². The van der Waals surface area contributed by atoms with Gasteiger partial charge in [0.15, 0.2) is 0 Å². The Hall–Kier alpha value is -0.770. The lowest BCUT2D eigenvalue weighted by atomic mass is 10.0. The molecule has 0 heterocycles. The van der Waals surface area contributed by atoms with Crippen molar-refractivity contribution in [1.82, 2.24) is 0 Å². The van der Waals surface area contributed by atoms with Crippen molar-refractivity contribution >= 4 is 35.6 Å². The summed E-state index contributed by atoms with van der Waals surface area (Å²) in [6.07, 6.45) is 0.672. The van der Waals surface area contributed by atoms with Gasteiger partial charge < -0.3 is 11.1 Å². The van der Waals surface area contributed by atoms with Crippen LogP contribution in [0, 0.1) is 12.8 Å². The second kappa shape index (κ2) is 7.62. The third kappa shape index (κ3) is 5.25. The van der Waals surface area contributed by atoms with E-state index in [-0.39, 0.29) is 18.3 Å². The number of halogens is 2. The summed E-state index contributed by atoms with van der Waals surface area (Å²) in [5.74, 6) is 0.232. The van der Waals surface area contributed by atoms with Crippen LogP contribution in [-0.4, -0.2) is 11.9 Å². The van der Waals surface area contributed by atoms with Gasteiger partial charge >= 0.3 is 0 Å². The van der Waals surface area contributed by atoms with Crippen LogP contribution in [0.1, 0.15) is 25.8 Å². The molecule has 1 amide bonds. The molecule has 1 aromatic rings. The molecular formula is C13H20Cl2N2O. The van der Waals surface area contributed by atoms with Crippen molar-refractivity contribution in [3.05, 3.63) is 28.8 Å². The summed E-state index contributed by atoms with van der Waals surface area (Å²) in [5, 5.41) is 3.41. The quantitative estimate of drug-likeness (QED) is 0.893. The van der Waals surface area contributed by atoms with Crippen molar-refractivity contribution in [3.63, 3.8) is 0 Å². The van der Waals surface area contributed by atoms with E-state index in [1.165, 1.54) is 0 Å². The van der Waals surface area contributed by atoms with Gasteiger partial charge in [0, 0.05) is 10.7 Å². The zero-order valence-electron chi connectivity index (χ0n) is 10.9. The first-order valence-electron chi connectivity index (χ1n) is 5.72. The number of carbonyl (C=O) groups is 1. The minimum absolute atomic E-state index is 0. The smallest absolute Gasteiger partial charge is 0.241 e. The fraction of sp³-hybridized carbons (Fsp3) is 0.462. The zero-order chi connectivity index (χ0) is 13.0. The standard InChI is InChI=1S/C13H19ClN2O.ClH/c1-8(2)6-12(15)13(17)16-10-5-4-9(3)11(14)7-10;/h4-5,7-8,12H,6,15H2,1-3H3,(H,16,17);1H/t12-;/m0./s1. The normalized spacial score (nSPS) is 11.9. The van der Waals surface area contributed by atoms with Gasteiger partial charge in [-0.05, 0) is 37.0 Å². The SMILES string of the molecule is Cc1ccc(NC(=O)[C@@H](N)CC(C)C)cc1Cl.Cl. The number of benzene rings is 1. The van der Waals surface area contributed by atoms with Gasteiger partial charge in [0.05, 0.1) is 6.04 Å². The number of nitrogens with two attached hydrogens (primary N) is 1. The summed E-state index contributed by atoms with van der Waals surface area (Å²) in [4.78, 5) is 11.8. The largest absolute Gasteiger partial charge is 0.325 e. The predicted molar refractivity (Wildman–Crippen MR) is 79.5 cm³/mol. The highest BCUT2D eigenvalue weighted by molar-refractivity contribution is 6.31. The first-order chi connectivity index (χ1) is 7.90. The Kier molecular flexibility index (Phi) is 7.29. The van der Waals surface area contributed by atoms with Crippen LogP contribution in [0.15, 0.2) is 18.2 Å². The molecule has 0 saturated heterocycles. The molecule has 0 saturated carbocycles. The molecule has 0 aromatic heterocycles. The molecule has 5 heteroatoms. The number of aryl methyl sites for hydroxylation is 1. The molecule has 0 unspecified atom stereocenters. The molecule has 0 aliphatic carbocycles. The van der Waals surface area contributed by atoms with Crippen LogP contribution in [0.25, 0.3) is 0 Å². The topological polar surface area (TPSA) is 55.1 Å². The highest BCUT2D eigenvalue weighted by Gasteiger charge is 2.15. The second-order valence-corrected chi connectivity index (χ2v) is 5.10. The highest BCUT2D eigenvalue weighted by Crippen LogP contribution is 2.20. The Bertz CT molecular complexity index is 408. The number of nitrogens with one attached hydrogen (secondary N) is 1. The van der Waals surface area contributed by atoms with E-state index in [1.54, 1.807) is 6.07 Å². The Labute approximate surface area is 119 Å². The van der Waals surface area contributed by atoms with Crippen LogP contribution in [-0.2, 0) is 4.79 Å². The van der Waals surface area contributed by atoms with Gasteiger partial charge in [-0.25, -0.2) is 0 Å². The number of anilines is 1. The highest BCUT2D eigenvalue weighted by atomic mass is 35.5. The summed E-state index contributed by atoms with van der Waals surface area (Å²) in [6.45, 7) is 5.99. The Balaban J connectivity index is 0.00000289. The van der Waals surface area contributed by atoms with E-state index < -0.39 is 6.04 Å². The number of carbonyl (C=O) groups excluding carboxylic acids is 1. The maximum absolute atomic E-state index is 11.8. The van der Waals surface area contributed by atoms with E-state index in [0.717, 1.165) is 5.56 Å². The Morgan fingerprint density at radius 1 is 1.44 bits per heavy atom. The van der Waals surface area contributed by atoms with E-state index in [1.807, 2.05) is 32.9 Å². The van der Waals surface area contributed by atoms with Crippen molar-refractivity contribution in [2.75, 3.05) is 5.32 Å². The molecule has 1 rings (SSSR count). The van der Waals surface area contributed by atoms with Gasteiger partial charge in [0.2, 0.25) is 5.91 Å². The minimum Gasteiger partial charge on any atom is -0.325 e. The average molecular weight is 291 g/mol. The Morgan fingerprint density at radius 3 is 2.56 bits per heavy atom. The van der Waals surface area contributed by atoms with Gasteiger partial charge in [-0.15, -0.1) is 12.4 Å². The van der Waals surface area contributed by atoms with Gasteiger partial charge in [-0.2, -0.15) is 0 Å².